The van der Waals surface area contributed by atoms with E-state index in [1.165, 1.54) is 238 Å². The molecule has 0 fully saturated rings. The summed E-state index contributed by atoms with van der Waals surface area (Å²) in [6.45, 7) is 9.09. The SMILES string of the molecule is CCCCCCCCCCCCCCCCCCCCCC(=O)OC[C@H](COC(=O)CCCCCCCCCCCCCCCCC)OC(=O)CCCCCCCCCCCCC(C)CC. The van der Waals surface area contributed by atoms with Crippen LogP contribution in [0.4, 0.5) is 0 Å². The molecule has 0 rings (SSSR count). The third kappa shape index (κ3) is 51.8. The lowest BCUT2D eigenvalue weighted by molar-refractivity contribution is -0.167. The van der Waals surface area contributed by atoms with Crippen LogP contribution in [0.5, 0.6) is 0 Å². The van der Waals surface area contributed by atoms with Crippen molar-refractivity contribution in [3.8, 4) is 0 Å². The number of esters is 3. The molecule has 6 heteroatoms. The Bertz CT molecular complexity index is 998. The van der Waals surface area contributed by atoms with E-state index in [1.54, 1.807) is 0 Å². The summed E-state index contributed by atoms with van der Waals surface area (Å²) >= 11 is 0. The first-order valence-electron chi connectivity index (χ1n) is 29.9. The highest BCUT2D eigenvalue weighted by molar-refractivity contribution is 5.71. The maximum absolute atomic E-state index is 12.9. The topological polar surface area (TPSA) is 78.9 Å². The highest BCUT2D eigenvalue weighted by Crippen LogP contribution is 2.19. The molecule has 0 aromatic heterocycles. The van der Waals surface area contributed by atoms with Gasteiger partial charge < -0.3 is 14.2 Å². The highest BCUT2D eigenvalue weighted by atomic mass is 16.6. The maximum Gasteiger partial charge on any atom is 0.306 e. The van der Waals surface area contributed by atoms with E-state index in [0.717, 1.165) is 63.7 Å². The Kier molecular flexibility index (Phi) is 53.0. The van der Waals surface area contributed by atoms with Crippen LogP contribution in [0.25, 0.3) is 0 Å². The zero-order valence-electron chi connectivity index (χ0n) is 45.2. The summed E-state index contributed by atoms with van der Waals surface area (Å²) in [7, 11) is 0. The Morgan fingerprint density at radius 2 is 0.530 bits per heavy atom. The molecule has 1 unspecified atom stereocenters. The van der Waals surface area contributed by atoms with Crippen LogP contribution in [0, 0.1) is 5.92 Å². The molecule has 0 aliphatic carbocycles. The van der Waals surface area contributed by atoms with Gasteiger partial charge in [0.05, 0.1) is 0 Å². The number of hydrogen-bond acceptors (Lipinski definition) is 6. The van der Waals surface area contributed by atoms with E-state index >= 15 is 0 Å². The average Bonchev–Trinajstić information content (AvgIpc) is 3.32. The molecule has 2 atom stereocenters. The van der Waals surface area contributed by atoms with Crippen molar-refractivity contribution in [3.63, 3.8) is 0 Å². The van der Waals surface area contributed by atoms with E-state index in [1.807, 2.05) is 0 Å². The number of hydrogen-bond donors (Lipinski definition) is 0. The maximum atomic E-state index is 12.9. The number of carbonyl (C=O) groups excluding carboxylic acids is 3. The van der Waals surface area contributed by atoms with Crippen molar-refractivity contribution in [2.45, 2.75) is 348 Å². The smallest absolute Gasteiger partial charge is 0.306 e. The molecule has 66 heavy (non-hydrogen) atoms. The molecule has 0 spiro atoms. The van der Waals surface area contributed by atoms with Crippen molar-refractivity contribution in [2.24, 2.45) is 5.92 Å². The Morgan fingerprint density at radius 1 is 0.303 bits per heavy atom. The van der Waals surface area contributed by atoms with Crippen LogP contribution >= 0.6 is 0 Å². The van der Waals surface area contributed by atoms with Gasteiger partial charge in [-0.2, -0.15) is 0 Å². The molecule has 0 amide bonds. The molecule has 0 heterocycles. The summed E-state index contributed by atoms with van der Waals surface area (Å²) < 4.78 is 16.9. The van der Waals surface area contributed by atoms with E-state index in [9.17, 15) is 14.4 Å². The molecule has 0 bridgehead atoms. The van der Waals surface area contributed by atoms with Gasteiger partial charge in [-0.1, -0.05) is 304 Å². The van der Waals surface area contributed by atoms with Gasteiger partial charge in [-0.3, -0.25) is 14.4 Å². The fraction of sp³-hybridized carbons (Fsp3) is 0.950. The van der Waals surface area contributed by atoms with Crippen LogP contribution in [-0.2, 0) is 28.6 Å². The van der Waals surface area contributed by atoms with Gasteiger partial charge in [-0.05, 0) is 25.2 Å². The molecule has 0 radical (unpaired) electrons. The molecule has 0 aliphatic rings. The first kappa shape index (κ1) is 64.4. The Hall–Kier alpha value is -1.59. The molecular formula is C60H116O6. The van der Waals surface area contributed by atoms with Crippen molar-refractivity contribution < 1.29 is 28.6 Å². The predicted octanol–water partition coefficient (Wildman–Crippen LogP) is 19.8. The monoisotopic (exact) mass is 933 g/mol. The van der Waals surface area contributed by atoms with Gasteiger partial charge in [0.2, 0.25) is 0 Å². The first-order valence-corrected chi connectivity index (χ1v) is 29.9. The molecular weight excluding hydrogens is 817 g/mol. The van der Waals surface area contributed by atoms with E-state index in [0.29, 0.717) is 19.3 Å². The van der Waals surface area contributed by atoms with E-state index in [4.69, 9.17) is 14.2 Å². The van der Waals surface area contributed by atoms with Crippen molar-refractivity contribution in [2.75, 3.05) is 13.2 Å². The third-order valence-electron chi connectivity index (χ3n) is 14.2. The summed E-state index contributed by atoms with van der Waals surface area (Å²) in [4.78, 5) is 38.2. The van der Waals surface area contributed by atoms with Crippen LogP contribution in [0.15, 0.2) is 0 Å². The van der Waals surface area contributed by atoms with Gasteiger partial charge in [0.1, 0.15) is 13.2 Å². The summed E-state index contributed by atoms with van der Waals surface area (Å²) in [6.07, 6.45) is 59.5. The zero-order chi connectivity index (χ0) is 48.1. The fourth-order valence-electron chi connectivity index (χ4n) is 9.25. The second-order valence-electron chi connectivity index (χ2n) is 20.9. The van der Waals surface area contributed by atoms with Crippen LogP contribution in [-0.4, -0.2) is 37.2 Å². The van der Waals surface area contributed by atoms with E-state index in [2.05, 4.69) is 27.7 Å². The normalized spacial score (nSPS) is 12.4. The van der Waals surface area contributed by atoms with Crippen molar-refractivity contribution in [3.05, 3.63) is 0 Å². The van der Waals surface area contributed by atoms with Gasteiger partial charge in [-0.15, -0.1) is 0 Å². The van der Waals surface area contributed by atoms with Crippen molar-refractivity contribution in [1.29, 1.82) is 0 Å². The summed E-state index contributed by atoms with van der Waals surface area (Å²) in [6, 6.07) is 0. The minimum Gasteiger partial charge on any atom is -0.462 e. The Labute approximate surface area is 412 Å². The van der Waals surface area contributed by atoms with Crippen LogP contribution in [0.2, 0.25) is 0 Å². The fourth-order valence-corrected chi connectivity index (χ4v) is 9.25. The van der Waals surface area contributed by atoms with Gasteiger partial charge in [0.15, 0.2) is 6.10 Å². The molecule has 0 aliphatic heterocycles. The zero-order valence-corrected chi connectivity index (χ0v) is 45.2. The lowest BCUT2D eigenvalue weighted by Crippen LogP contribution is -2.30. The largest absolute Gasteiger partial charge is 0.462 e. The van der Waals surface area contributed by atoms with Crippen molar-refractivity contribution >= 4 is 17.9 Å². The summed E-state index contributed by atoms with van der Waals surface area (Å²) in [5, 5.41) is 0. The number of unbranched alkanes of at least 4 members (excludes halogenated alkanes) is 41. The predicted molar refractivity (Wildman–Crippen MR) is 284 cm³/mol. The Morgan fingerprint density at radius 3 is 0.788 bits per heavy atom. The second-order valence-corrected chi connectivity index (χ2v) is 20.9. The van der Waals surface area contributed by atoms with Crippen LogP contribution in [0.3, 0.4) is 0 Å². The van der Waals surface area contributed by atoms with Crippen molar-refractivity contribution in [1.82, 2.24) is 0 Å². The number of rotatable bonds is 55. The average molecular weight is 934 g/mol. The van der Waals surface area contributed by atoms with E-state index < -0.39 is 6.10 Å². The summed E-state index contributed by atoms with van der Waals surface area (Å²) in [5.41, 5.74) is 0. The van der Waals surface area contributed by atoms with Crippen LogP contribution < -0.4 is 0 Å². The van der Waals surface area contributed by atoms with Gasteiger partial charge in [-0.25, -0.2) is 0 Å². The number of carbonyl (C=O) groups is 3. The quantitative estimate of drug-likeness (QED) is 0.0343. The third-order valence-corrected chi connectivity index (χ3v) is 14.2. The summed E-state index contributed by atoms with van der Waals surface area (Å²) in [5.74, 6) is 0.0332. The van der Waals surface area contributed by atoms with Gasteiger partial charge in [0.25, 0.3) is 0 Å². The standard InChI is InChI=1S/C60H116O6/c1-5-8-10-12-14-16-18-20-22-23-24-25-27-29-31-36-40-44-48-52-59(62)65-55-57(66-60(63)53-49-45-41-37-33-32-34-38-42-46-50-56(4)7-3)54-64-58(61)51-47-43-39-35-30-28-26-21-19-17-15-13-11-9-6-2/h56-57H,5-55H2,1-4H3/t56?,57-/m0/s1. The molecule has 6 nitrogen and oxygen atoms in total. The molecule has 0 N–H and O–H groups in total. The minimum absolute atomic E-state index is 0.0619. The minimum atomic E-state index is -0.762. The molecule has 0 aromatic carbocycles. The molecule has 0 saturated heterocycles. The lowest BCUT2D eigenvalue weighted by Gasteiger charge is -2.18. The molecule has 0 aromatic rings. The van der Waals surface area contributed by atoms with Gasteiger partial charge >= 0.3 is 17.9 Å². The molecule has 0 saturated carbocycles. The van der Waals surface area contributed by atoms with E-state index in [-0.39, 0.29) is 31.1 Å². The highest BCUT2D eigenvalue weighted by Gasteiger charge is 2.19. The Balaban J connectivity index is 4.27. The second kappa shape index (κ2) is 54.4. The van der Waals surface area contributed by atoms with Gasteiger partial charge in [0, 0.05) is 19.3 Å². The number of ether oxygens (including phenoxy) is 3. The molecule has 392 valence electrons. The first-order chi connectivity index (χ1) is 32.4. The van der Waals surface area contributed by atoms with Crippen LogP contribution in [0.1, 0.15) is 342 Å². The lowest BCUT2D eigenvalue weighted by atomic mass is 9.99.